The van der Waals surface area contributed by atoms with Gasteiger partial charge in [-0.25, -0.2) is 9.67 Å². The summed E-state index contributed by atoms with van der Waals surface area (Å²) in [7, 11) is 1.95. The van der Waals surface area contributed by atoms with Gasteiger partial charge in [-0.2, -0.15) is 5.10 Å². The number of hydrogen-bond donors (Lipinski definition) is 1. The first-order valence-electron chi connectivity index (χ1n) is 7.00. The van der Waals surface area contributed by atoms with Gasteiger partial charge in [0.25, 0.3) is 0 Å². The highest BCUT2D eigenvalue weighted by atomic mass is 79.9. The lowest BCUT2D eigenvalue weighted by Crippen LogP contribution is -2.22. The van der Waals surface area contributed by atoms with Crippen molar-refractivity contribution in [2.24, 2.45) is 5.92 Å². The summed E-state index contributed by atoms with van der Waals surface area (Å²) >= 11 is 9.71. The average molecular weight is 372 g/mol. The molecule has 1 atom stereocenters. The molecule has 0 radical (unpaired) electrons. The van der Waals surface area contributed by atoms with Crippen LogP contribution in [0.1, 0.15) is 31.3 Å². The summed E-state index contributed by atoms with van der Waals surface area (Å²) < 4.78 is 3.02. The molecule has 0 saturated carbocycles. The third kappa shape index (κ3) is 4.28. The van der Waals surface area contributed by atoms with E-state index >= 15 is 0 Å². The number of likely N-dealkylation sites (N-methyl/N-ethyl adjacent to an activating group) is 1. The minimum Gasteiger partial charge on any atom is -0.313 e. The average Bonchev–Trinajstić information content (AvgIpc) is 2.85. The molecule has 0 bridgehead atoms. The molecule has 0 saturated heterocycles. The molecule has 114 valence electrons. The van der Waals surface area contributed by atoms with Crippen LogP contribution in [0.3, 0.4) is 0 Å². The van der Waals surface area contributed by atoms with Crippen LogP contribution in [-0.4, -0.2) is 21.8 Å². The fourth-order valence-corrected chi connectivity index (χ4v) is 2.98. The molecule has 0 aliphatic heterocycles. The molecule has 4 nitrogen and oxygen atoms in total. The predicted molar refractivity (Wildman–Crippen MR) is 89.5 cm³/mol. The SMILES string of the molecule is CNC(Cc1ncnn1CC(C)C)c1cc(Cl)ccc1Br. The predicted octanol–water partition coefficient (Wildman–Crippen LogP) is 3.85. The van der Waals surface area contributed by atoms with Crippen molar-refractivity contribution in [2.45, 2.75) is 32.9 Å². The number of halogens is 2. The summed E-state index contributed by atoms with van der Waals surface area (Å²) in [5.41, 5.74) is 1.13. The molecule has 1 heterocycles. The molecule has 0 amide bonds. The van der Waals surface area contributed by atoms with Crippen molar-refractivity contribution >= 4 is 27.5 Å². The molecule has 0 fully saturated rings. The molecular weight excluding hydrogens is 352 g/mol. The molecule has 1 unspecified atom stereocenters. The normalized spacial score (nSPS) is 12.9. The molecule has 0 spiro atoms. The Balaban J connectivity index is 2.23. The fourth-order valence-electron chi connectivity index (χ4n) is 2.28. The minimum atomic E-state index is 0.133. The van der Waals surface area contributed by atoms with Gasteiger partial charge in [0.15, 0.2) is 0 Å². The quantitative estimate of drug-likeness (QED) is 0.838. The van der Waals surface area contributed by atoms with E-state index in [0.29, 0.717) is 5.92 Å². The second kappa shape index (κ2) is 7.38. The largest absolute Gasteiger partial charge is 0.313 e. The Labute approximate surface area is 139 Å². The number of rotatable bonds is 6. The van der Waals surface area contributed by atoms with Crippen molar-refractivity contribution in [1.29, 1.82) is 0 Å². The number of aromatic nitrogens is 3. The van der Waals surface area contributed by atoms with E-state index in [2.05, 4.69) is 45.2 Å². The standard InChI is InChI=1S/C15H20BrClN4/c1-10(2)8-21-15(19-9-20-21)7-14(18-3)12-6-11(17)4-5-13(12)16/h4-6,9-10,14,18H,7-8H2,1-3H3. The lowest BCUT2D eigenvalue weighted by molar-refractivity contribution is 0.451. The number of benzene rings is 1. The molecule has 6 heteroatoms. The summed E-state index contributed by atoms with van der Waals surface area (Å²) in [4.78, 5) is 4.40. The molecule has 1 aromatic carbocycles. The van der Waals surface area contributed by atoms with Gasteiger partial charge in [-0.3, -0.25) is 0 Å². The van der Waals surface area contributed by atoms with Gasteiger partial charge in [-0.1, -0.05) is 41.4 Å². The van der Waals surface area contributed by atoms with Crippen LogP contribution >= 0.6 is 27.5 Å². The molecule has 2 aromatic rings. The Morgan fingerprint density at radius 1 is 1.38 bits per heavy atom. The zero-order chi connectivity index (χ0) is 15.4. The van der Waals surface area contributed by atoms with Gasteiger partial charge in [-0.15, -0.1) is 0 Å². The van der Waals surface area contributed by atoms with E-state index < -0.39 is 0 Å². The van der Waals surface area contributed by atoms with Crippen molar-refractivity contribution in [3.63, 3.8) is 0 Å². The molecule has 0 aliphatic rings. The fraction of sp³-hybridized carbons (Fsp3) is 0.467. The second-order valence-corrected chi connectivity index (χ2v) is 6.75. The van der Waals surface area contributed by atoms with Gasteiger partial charge in [0.1, 0.15) is 12.2 Å². The van der Waals surface area contributed by atoms with Crippen LogP contribution in [0.2, 0.25) is 5.02 Å². The molecule has 0 aliphatic carbocycles. The van der Waals surface area contributed by atoms with Crippen molar-refractivity contribution in [3.8, 4) is 0 Å². The van der Waals surface area contributed by atoms with Crippen LogP contribution in [0.25, 0.3) is 0 Å². The van der Waals surface area contributed by atoms with Crippen molar-refractivity contribution in [3.05, 3.63) is 45.4 Å². The maximum atomic E-state index is 6.12. The monoisotopic (exact) mass is 370 g/mol. The summed E-state index contributed by atoms with van der Waals surface area (Å²) in [6.07, 6.45) is 2.39. The van der Waals surface area contributed by atoms with Crippen LogP contribution in [0.4, 0.5) is 0 Å². The third-order valence-corrected chi connectivity index (χ3v) is 4.26. The first-order valence-corrected chi connectivity index (χ1v) is 8.17. The van der Waals surface area contributed by atoms with E-state index in [1.165, 1.54) is 0 Å². The van der Waals surface area contributed by atoms with Crippen molar-refractivity contribution in [1.82, 2.24) is 20.1 Å². The summed E-state index contributed by atoms with van der Waals surface area (Å²) in [5, 5.41) is 8.39. The zero-order valence-electron chi connectivity index (χ0n) is 12.5. The van der Waals surface area contributed by atoms with Gasteiger partial charge in [0.05, 0.1) is 0 Å². The maximum Gasteiger partial charge on any atom is 0.138 e. The summed E-state index contributed by atoms with van der Waals surface area (Å²) in [6.45, 7) is 5.23. The van der Waals surface area contributed by atoms with E-state index in [9.17, 15) is 0 Å². The van der Waals surface area contributed by atoms with Crippen LogP contribution in [0.5, 0.6) is 0 Å². The Morgan fingerprint density at radius 2 is 2.14 bits per heavy atom. The highest BCUT2D eigenvalue weighted by Gasteiger charge is 2.17. The van der Waals surface area contributed by atoms with Gasteiger partial charge in [-0.05, 0) is 36.7 Å². The summed E-state index contributed by atoms with van der Waals surface area (Å²) in [6, 6.07) is 5.97. The second-order valence-electron chi connectivity index (χ2n) is 5.46. The van der Waals surface area contributed by atoms with Crippen LogP contribution in [-0.2, 0) is 13.0 Å². The summed E-state index contributed by atoms with van der Waals surface area (Å²) in [5.74, 6) is 1.52. The molecule has 1 aromatic heterocycles. The Bertz CT molecular complexity index is 597. The minimum absolute atomic E-state index is 0.133. The number of nitrogens with zero attached hydrogens (tertiary/aromatic N) is 3. The molecule has 2 rings (SSSR count). The molecule has 21 heavy (non-hydrogen) atoms. The van der Waals surface area contributed by atoms with E-state index in [4.69, 9.17) is 11.6 Å². The Kier molecular flexibility index (Phi) is 5.79. The van der Waals surface area contributed by atoms with Crippen molar-refractivity contribution < 1.29 is 0 Å². The van der Waals surface area contributed by atoms with Gasteiger partial charge >= 0.3 is 0 Å². The van der Waals surface area contributed by atoms with Crippen LogP contribution < -0.4 is 5.32 Å². The topological polar surface area (TPSA) is 42.7 Å². The van der Waals surface area contributed by atoms with E-state index in [-0.39, 0.29) is 6.04 Å². The van der Waals surface area contributed by atoms with Gasteiger partial charge in [0, 0.05) is 28.5 Å². The lowest BCUT2D eigenvalue weighted by atomic mass is 10.0. The Morgan fingerprint density at radius 3 is 2.81 bits per heavy atom. The first kappa shape index (κ1) is 16.5. The highest BCUT2D eigenvalue weighted by molar-refractivity contribution is 9.10. The van der Waals surface area contributed by atoms with Crippen molar-refractivity contribution in [2.75, 3.05) is 7.05 Å². The Hall–Kier alpha value is -0.910. The van der Waals surface area contributed by atoms with E-state index in [1.807, 2.05) is 29.9 Å². The van der Waals surface area contributed by atoms with Gasteiger partial charge in [0.2, 0.25) is 0 Å². The lowest BCUT2D eigenvalue weighted by Gasteiger charge is -2.19. The van der Waals surface area contributed by atoms with E-state index in [0.717, 1.165) is 33.8 Å². The molecule has 1 N–H and O–H groups in total. The van der Waals surface area contributed by atoms with Crippen LogP contribution in [0.15, 0.2) is 29.0 Å². The number of hydrogen-bond acceptors (Lipinski definition) is 3. The smallest absolute Gasteiger partial charge is 0.138 e. The van der Waals surface area contributed by atoms with Crippen LogP contribution in [0, 0.1) is 5.92 Å². The zero-order valence-corrected chi connectivity index (χ0v) is 14.8. The first-order chi connectivity index (χ1) is 10.0. The van der Waals surface area contributed by atoms with E-state index in [1.54, 1.807) is 6.33 Å². The maximum absolute atomic E-state index is 6.12. The van der Waals surface area contributed by atoms with Gasteiger partial charge < -0.3 is 5.32 Å². The number of nitrogens with one attached hydrogen (secondary N) is 1. The highest BCUT2D eigenvalue weighted by Crippen LogP contribution is 2.28. The molecular formula is C15H20BrClN4. The third-order valence-electron chi connectivity index (χ3n) is 3.30.